The highest BCUT2D eigenvalue weighted by atomic mass is 19.4. The van der Waals surface area contributed by atoms with Crippen LogP contribution in [0.3, 0.4) is 0 Å². The van der Waals surface area contributed by atoms with Crippen LogP contribution in [0.4, 0.5) is 13.2 Å². The Balaban J connectivity index is 2.03. The lowest BCUT2D eigenvalue weighted by Crippen LogP contribution is -2.11. The second kappa shape index (κ2) is 7.40. The smallest absolute Gasteiger partial charge is 0.416 e. The summed E-state index contributed by atoms with van der Waals surface area (Å²) >= 11 is 0. The molecule has 0 aliphatic rings. The van der Waals surface area contributed by atoms with Crippen molar-refractivity contribution in [2.24, 2.45) is 5.73 Å². The highest BCUT2D eigenvalue weighted by Crippen LogP contribution is 2.37. The zero-order valence-corrected chi connectivity index (χ0v) is 16.2. The van der Waals surface area contributed by atoms with Crippen LogP contribution in [0.15, 0.2) is 60.7 Å². The summed E-state index contributed by atoms with van der Waals surface area (Å²) in [5, 5.41) is 1.09. The zero-order chi connectivity index (χ0) is 21.5. The molecule has 154 valence electrons. The SMILES string of the molecule is CCOc1ccccc1Cn1c2cc(C(F)(F)F)ccc2c2c(C(N)=O)cccc21. The van der Waals surface area contributed by atoms with Crippen molar-refractivity contribution in [3.05, 3.63) is 77.4 Å². The molecule has 0 spiro atoms. The molecule has 1 aromatic heterocycles. The van der Waals surface area contributed by atoms with Crippen LogP contribution >= 0.6 is 0 Å². The van der Waals surface area contributed by atoms with Gasteiger partial charge in [0.25, 0.3) is 0 Å². The minimum absolute atomic E-state index is 0.272. The molecule has 0 saturated heterocycles. The fraction of sp³-hybridized carbons (Fsp3) is 0.174. The van der Waals surface area contributed by atoms with Gasteiger partial charge >= 0.3 is 6.18 Å². The van der Waals surface area contributed by atoms with Crippen molar-refractivity contribution in [1.82, 2.24) is 4.57 Å². The number of aromatic nitrogens is 1. The molecule has 0 unspecified atom stereocenters. The molecule has 7 heteroatoms. The fourth-order valence-corrected chi connectivity index (χ4v) is 3.80. The van der Waals surface area contributed by atoms with Crippen LogP contribution in [0.2, 0.25) is 0 Å². The number of hydrogen-bond acceptors (Lipinski definition) is 2. The number of fused-ring (bicyclic) bond motifs is 3. The Morgan fingerprint density at radius 2 is 1.80 bits per heavy atom. The number of carbonyl (C=O) groups is 1. The van der Waals surface area contributed by atoms with Gasteiger partial charge in [0.15, 0.2) is 0 Å². The maximum absolute atomic E-state index is 13.4. The molecule has 2 N–H and O–H groups in total. The van der Waals surface area contributed by atoms with Crippen molar-refractivity contribution in [2.45, 2.75) is 19.6 Å². The van der Waals surface area contributed by atoms with E-state index in [1.165, 1.54) is 6.07 Å². The van der Waals surface area contributed by atoms with E-state index in [-0.39, 0.29) is 12.1 Å². The van der Waals surface area contributed by atoms with E-state index in [4.69, 9.17) is 10.5 Å². The van der Waals surface area contributed by atoms with Gasteiger partial charge < -0.3 is 15.0 Å². The van der Waals surface area contributed by atoms with E-state index in [1.807, 2.05) is 31.2 Å². The van der Waals surface area contributed by atoms with Gasteiger partial charge in [-0.15, -0.1) is 0 Å². The van der Waals surface area contributed by atoms with E-state index in [2.05, 4.69) is 0 Å². The van der Waals surface area contributed by atoms with Crippen molar-refractivity contribution in [2.75, 3.05) is 6.61 Å². The number of hydrogen-bond donors (Lipinski definition) is 1. The summed E-state index contributed by atoms with van der Waals surface area (Å²) < 4.78 is 47.6. The lowest BCUT2D eigenvalue weighted by Gasteiger charge is -2.13. The second-order valence-corrected chi connectivity index (χ2v) is 6.92. The number of benzene rings is 3. The molecule has 1 amide bonds. The first kappa shape index (κ1) is 19.8. The standard InChI is InChI=1S/C23H19F3N2O2/c1-2-30-20-9-4-3-6-14(20)13-28-18-8-5-7-17(22(27)29)21(18)16-11-10-15(12-19(16)28)23(24,25)26/h3-12H,2,13H2,1H3,(H2,27,29). The first-order valence-electron chi connectivity index (χ1n) is 9.44. The summed E-state index contributed by atoms with van der Waals surface area (Å²) in [6.45, 7) is 2.61. The molecule has 0 fully saturated rings. The lowest BCUT2D eigenvalue weighted by atomic mass is 10.0. The number of rotatable bonds is 5. The molecule has 4 nitrogen and oxygen atoms in total. The fourth-order valence-electron chi connectivity index (χ4n) is 3.80. The van der Waals surface area contributed by atoms with Crippen LogP contribution in [-0.2, 0) is 12.7 Å². The van der Waals surface area contributed by atoms with Crippen molar-refractivity contribution in [3.8, 4) is 5.75 Å². The minimum Gasteiger partial charge on any atom is -0.494 e. The molecule has 0 saturated carbocycles. The van der Waals surface area contributed by atoms with Gasteiger partial charge in [0.05, 0.1) is 29.7 Å². The van der Waals surface area contributed by atoms with E-state index in [0.29, 0.717) is 34.2 Å². The van der Waals surface area contributed by atoms with Crippen LogP contribution in [0.1, 0.15) is 28.4 Å². The Labute approximate surface area is 170 Å². The number of ether oxygens (including phenoxy) is 1. The number of alkyl halides is 3. The summed E-state index contributed by atoms with van der Waals surface area (Å²) in [5.74, 6) is 0.0299. The van der Waals surface area contributed by atoms with Gasteiger partial charge in [-0.05, 0) is 37.3 Å². The van der Waals surface area contributed by atoms with Crippen molar-refractivity contribution in [1.29, 1.82) is 0 Å². The molecule has 1 heterocycles. The van der Waals surface area contributed by atoms with Crippen molar-refractivity contribution in [3.63, 3.8) is 0 Å². The Morgan fingerprint density at radius 1 is 1.03 bits per heavy atom. The van der Waals surface area contributed by atoms with Gasteiger partial charge in [-0.2, -0.15) is 13.2 Å². The third-order valence-electron chi connectivity index (χ3n) is 5.08. The van der Waals surface area contributed by atoms with Gasteiger partial charge in [-0.3, -0.25) is 4.79 Å². The Bertz CT molecular complexity index is 1260. The lowest BCUT2D eigenvalue weighted by molar-refractivity contribution is -0.137. The highest BCUT2D eigenvalue weighted by Gasteiger charge is 2.31. The predicted molar refractivity (Wildman–Crippen MR) is 110 cm³/mol. The van der Waals surface area contributed by atoms with Gasteiger partial charge in [0.2, 0.25) is 5.91 Å². The van der Waals surface area contributed by atoms with Gasteiger partial charge in [0.1, 0.15) is 5.75 Å². The van der Waals surface area contributed by atoms with Crippen LogP contribution in [0, 0.1) is 0 Å². The monoisotopic (exact) mass is 412 g/mol. The number of para-hydroxylation sites is 1. The maximum atomic E-state index is 13.4. The number of primary amides is 1. The Kier molecular flexibility index (Phi) is 4.89. The first-order chi connectivity index (χ1) is 14.3. The summed E-state index contributed by atoms with van der Waals surface area (Å²) in [6.07, 6.45) is -4.48. The molecular formula is C23H19F3N2O2. The van der Waals surface area contributed by atoms with Crippen molar-refractivity contribution < 1.29 is 22.7 Å². The number of nitrogens with zero attached hydrogens (tertiary/aromatic N) is 1. The van der Waals surface area contributed by atoms with Crippen LogP contribution < -0.4 is 10.5 Å². The molecule has 3 aromatic carbocycles. The van der Waals surface area contributed by atoms with E-state index < -0.39 is 17.6 Å². The third kappa shape index (κ3) is 3.36. The molecule has 30 heavy (non-hydrogen) atoms. The largest absolute Gasteiger partial charge is 0.494 e. The number of carbonyl (C=O) groups excluding carboxylic acids is 1. The number of halogens is 3. The average molecular weight is 412 g/mol. The first-order valence-corrected chi connectivity index (χ1v) is 9.44. The van der Waals surface area contributed by atoms with Gasteiger partial charge in [-0.25, -0.2) is 0 Å². The normalized spacial score (nSPS) is 11.9. The molecule has 0 radical (unpaired) electrons. The second-order valence-electron chi connectivity index (χ2n) is 6.92. The van der Waals surface area contributed by atoms with Gasteiger partial charge in [0, 0.05) is 21.9 Å². The highest BCUT2D eigenvalue weighted by molar-refractivity contribution is 6.18. The van der Waals surface area contributed by atoms with E-state index in [0.717, 1.165) is 17.7 Å². The summed E-state index contributed by atoms with van der Waals surface area (Å²) in [5.41, 5.74) is 6.89. The molecule has 4 rings (SSSR count). The summed E-state index contributed by atoms with van der Waals surface area (Å²) in [7, 11) is 0. The van der Waals surface area contributed by atoms with Crippen molar-refractivity contribution >= 4 is 27.7 Å². The maximum Gasteiger partial charge on any atom is 0.416 e. The van der Waals surface area contributed by atoms with Crippen LogP contribution in [0.5, 0.6) is 5.75 Å². The molecule has 0 bridgehead atoms. The molecule has 0 aliphatic heterocycles. The van der Waals surface area contributed by atoms with Crippen LogP contribution in [0.25, 0.3) is 21.8 Å². The van der Waals surface area contributed by atoms with E-state index >= 15 is 0 Å². The minimum atomic E-state index is -4.48. The molecule has 0 atom stereocenters. The van der Waals surface area contributed by atoms with Gasteiger partial charge in [-0.1, -0.05) is 30.3 Å². The average Bonchev–Trinajstić information content (AvgIpc) is 3.02. The zero-order valence-electron chi connectivity index (χ0n) is 16.2. The summed E-state index contributed by atoms with van der Waals surface area (Å²) in [4.78, 5) is 12.0. The van der Waals surface area contributed by atoms with Crippen LogP contribution in [-0.4, -0.2) is 17.1 Å². The predicted octanol–water partition coefficient (Wildman–Crippen LogP) is 5.36. The number of nitrogens with two attached hydrogens (primary N) is 1. The molecule has 4 aromatic rings. The Hall–Kier alpha value is -3.48. The topological polar surface area (TPSA) is 57.2 Å². The Morgan fingerprint density at radius 3 is 2.50 bits per heavy atom. The van der Waals surface area contributed by atoms with E-state index in [1.54, 1.807) is 22.8 Å². The summed E-state index contributed by atoms with van der Waals surface area (Å²) in [6, 6.07) is 16.0. The number of amides is 1. The van der Waals surface area contributed by atoms with E-state index in [9.17, 15) is 18.0 Å². The third-order valence-corrected chi connectivity index (χ3v) is 5.08. The molecule has 0 aliphatic carbocycles. The quantitative estimate of drug-likeness (QED) is 0.480. The molecular weight excluding hydrogens is 393 g/mol.